The van der Waals surface area contributed by atoms with Crippen molar-refractivity contribution >= 4 is 0 Å². The van der Waals surface area contributed by atoms with Gasteiger partial charge in [-0.25, -0.2) is 8.78 Å². The Hall–Kier alpha value is -0.440. The van der Waals surface area contributed by atoms with Crippen molar-refractivity contribution in [3.63, 3.8) is 0 Å². The van der Waals surface area contributed by atoms with Crippen LogP contribution in [-0.4, -0.2) is 19.0 Å². The highest BCUT2D eigenvalue weighted by molar-refractivity contribution is 5.09. The second-order valence-corrected chi connectivity index (χ2v) is 2.56. The molecule has 0 unspecified atom stereocenters. The average Bonchev–Trinajstić information content (AvgIpc) is 1.96. The SMILES string of the molecule is C=C1CCNCCC1(F)F. The molecule has 1 fully saturated rings. The van der Waals surface area contributed by atoms with Crippen molar-refractivity contribution in [1.82, 2.24) is 5.32 Å². The van der Waals surface area contributed by atoms with Crippen molar-refractivity contribution in [1.29, 1.82) is 0 Å². The lowest BCUT2D eigenvalue weighted by molar-refractivity contribution is 0.0351. The van der Waals surface area contributed by atoms with Gasteiger partial charge in [-0.05, 0) is 18.5 Å². The maximum Gasteiger partial charge on any atom is 0.270 e. The van der Waals surface area contributed by atoms with Crippen LogP contribution in [0.25, 0.3) is 0 Å². The number of hydrogen-bond donors (Lipinski definition) is 1. The van der Waals surface area contributed by atoms with Gasteiger partial charge in [-0.15, -0.1) is 0 Å². The van der Waals surface area contributed by atoms with E-state index in [1.807, 2.05) is 0 Å². The van der Waals surface area contributed by atoms with E-state index in [1.165, 1.54) is 0 Å². The minimum absolute atomic E-state index is 0.0671. The Morgan fingerprint density at radius 3 is 2.80 bits per heavy atom. The third-order valence-electron chi connectivity index (χ3n) is 1.74. The van der Waals surface area contributed by atoms with Gasteiger partial charge in [0.2, 0.25) is 0 Å². The number of alkyl halides is 2. The number of hydrogen-bond acceptors (Lipinski definition) is 1. The van der Waals surface area contributed by atoms with E-state index in [-0.39, 0.29) is 12.0 Å². The minimum atomic E-state index is -2.64. The maximum atomic E-state index is 12.7. The normalized spacial score (nSPS) is 26.0. The van der Waals surface area contributed by atoms with Crippen molar-refractivity contribution in [3.05, 3.63) is 12.2 Å². The monoisotopic (exact) mass is 147 g/mol. The summed E-state index contributed by atoms with van der Waals surface area (Å²) in [7, 11) is 0. The summed E-state index contributed by atoms with van der Waals surface area (Å²) in [5, 5.41) is 2.89. The molecule has 0 aromatic rings. The fraction of sp³-hybridized carbons (Fsp3) is 0.714. The Morgan fingerprint density at radius 2 is 2.10 bits per heavy atom. The van der Waals surface area contributed by atoms with E-state index in [9.17, 15) is 8.78 Å². The van der Waals surface area contributed by atoms with Crippen LogP contribution in [-0.2, 0) is 0 Å². The molecule has 1 N–H and O–H groups in total. The maximum absolute atomic E-state index is 12.7. The summed E-state index contributed by atoms with van der Waals surface area (Å²) in [6, 6.07) is 0. The molecule has 0 radical (unpaired) electrons. The molecule has 1 heterocycles. The van der Waals surface area contributed by atoms with Gasteiger partial charge in [-0.1, -0.05) is 6.58 Å². The Balaban J connectivity index is 2.61. The van der Waals surface area contributed by atoms with Crippen LogP contribution in [0.1, 0.15) is 12.8 Å². The van der Waals surface area contributed by atoms with E-state index in [2.05, 4.69) is 11.9 Å². The zero-order valence-corrected chi connectivity index (χ0v) is 5.79. The molecule has 0 amide bonds. The van der Waals surface area contributed by atoms with Crippen LogP contribution >= 0.6 is 0 Å². The predicted molar refractivity (Wildman–Crippen MR) is 36.2 cm³/mol. The van der Waals surface area contributed by atoms with Crippen LogP contribution in [0.2, 0.25) is 0 Å². The number of rotatable bonds is 0. The lowest BCUT2D eigenvalue weighted by atomic mass is 10.1. The van der Waals surface area contributed by atoms with E-state index in [1.54, 1.807) is 0 Å². The molecule has 10 heavy (non-hydrogen) atoms. The molecule has 1 rings (SSSR count). The van der Waals surface area contributed by atoms with Crippen molar-refractivity contribution in [2.24, 2.45) is 0 Å². The van der Waals surface area contributed by atoms with Crippen molar-refractivity contribution < 1.29 is 8.78 Å². The van der Waals surface area contributed by atoms with Crippen molar-refractivity contribution in [2.45, 2.75) is 18.8 Å². The molecular weight excluding hydrogens is 136 g/mol. The predicted octanol–water partition coefficient (Wildman–Crippen LogP) is 1.56. The first kappa shape index (κ1) is 7.66. The average molecular weight is 147 g/mol. The first-order valence-electron chi connectivity index (χ1n) is 3.40. The van der Waals surface area contributed by atoms with Gasteiger partial charge in [-0.2, -0.15) is 0 Å². The van der Waals surface area contributed by atoms with Crippen LogP contribution in [0.15, 0.2) is 12.2 Å². The van der Waals surface area contributed by atoms with Gasteiger partial charge in [-0.3, -0.25) is 0 Å². The standard InChI is InChI=1S/C7H11F2N/c1-6-2-4-10-5-3-7(6,8)9/h10H,1-5H2. The Bertz CT molecular complexity index is 143. The molecule has 3 heteroatoms. The number of nitrogens with one attached hydrogen (secondary N) is 1. The smallest absolute Gasteiger partial charge is 0.270 e. The molecule has 1 saturated heterocycles. The van der Waals surface area contributed by atoms with Crippen LogP contribution in [0.3, 0.4) is 0 Å². The van der Waals surface area contributed by atoms with E-state index in [4.69, 9.17) is 0 Å². The minimum Gasteiger partial charge on any atom is -0.316 e. The summed E-state index contributed by atoms with van der Waals surface area (Å²) in [5.74, 6) is -2.64. The largest absolute Gasteiger partial charge is 0.316 e. The molecule has 1 aliphatic heterocycles. The summed E-state index contributed by atoms with van der Waals surface area (Å²) < 4.78 is 25.4. The highest BCUT2D eigenvalue weighted by Crippen LogP contribution is 2.29. The summed E-state index contributed by atoms with van der Waals surface area (Å²) >= 11 is 0. The van der Waals surface area contributed by atoms with E-state index < -0.39 is 5.92 Å². The Labute approximate surface area is 59.1 Å². The van der Waals surface area contributed by atoms with Gasteiger partial charge < -0.3 is 5.32 Å². The van der Waals surface area contributed by atoms with E-state index in [0.717, 1.165) is 0 Å². The molecule has 0 aromatic carbocycles. The molecule has 0 aliphatic carbocycles. The molecule has 0 spiro atoms. The van der Waals surface area contributed by atoms with Crippen LogP contribution in [0, 0.1) is 0 Å². The van der Waals surface area contributed by atoms with Gasteiger partial charge in [0.1, 0.15) is 0 Å². The first-order chi connectivity index (χ1) is 4.63. The summed E-state index contributed by atoms with van der Waals surface area (Å²) in [6.45, 7) is 4.37. The second kappa shape index (κ2) is 2.66. The van der Waals surface area contributed by atoms with Crippen LogP contribution < -0.4 is 5.32 Å². The lowest BCUT2D eigenvalue weighted by Gasteiger charge is -2.14. The van der Waals surface area contributed by atoms with E-state index in [0.29, 0.717) is 19.5 Å². The van der Waals surface area contributed by atoms with Crippen LogP contribution in [0.4, 0.5) is 8.78 Å². The summed E-state index contributed by atoms with van der Waals surface area (Å²) in [4.78, 5) is 0. The summed E-state index contributed by atoms with van der Waals surface area (Å²) in [5.41, 5.74) is 0.0671. The van der Waals surface area contributed by atoms with Gasteiger partial charge in [0.25, 0.3) is 5.92 Å². The van der Waals surface area contributed by atoms with Crippen molar-refractivity contribution in [3.8, 4) is 0 Å². The first-order valence-corrected chi connectivity index (χ1v) is 3.40. The molecule has 0 saturated carbocycles. The molecule has 0 aromatic heterocycles. The van der Waals surface area contributed by atoms with Gasteiger partial charge in [0.05, 0.1) is 0 Å². The van der Waals surface area contributed by atoms with Gasteiger partial charge in [0, 0.05) is 13.0 Å². The topological polar surface area (TPSA) is 12.0 Å². The molecular formula is C7H11F2N. The zero-order valence-electron chi connectivity index (χ0n) is 5.79. The third-order valence-corrected chi connectivity index (χ3v) is 1.74. The second-order valence-electron chi connectivity index (χ2n) is 2.56. The Morgan fingerprint density at radius 1 is 1.40 bits per heavy atom. The van der Waals surface area contributed by atoms with Gasteiger partial charge >= 0.3 is 0 Å². The quantitative estimate of drug-likeness (QED) is 0.513. The fourth-order valence-electron chi connectivity index (χ4n) is 0.969. The molecule has 1 aliphatic rings. The fourth-order valence-corrected chi connectivity index (χ4v) is 0.969. The molecule has 0 bridgehead atoms. The number of halogens is 2. The highest BCUT2D eigenvalue weighted by atomic mass is 19.3. The highest BCUT2D eigenvalue weighted by Gasteiger charge is 2.32. The molecule has 0 atom stereocenters. The summed E-state index contributed by atoms with van der Waals surface area (Å²) in [6.07, 6.45) is 0.291. The lowest BCUT2D eigenvalue weighted by Crippen LogP contribution is -2.20. The molecule has 58 valence electrons. The van der Waals surface area contributed by atoms with Crippen molar-refractivity contribution in [2.75, 3.05) is 13.1 Å². The van der Waals surface area contributed by atoms with Gasteiger partial charge in [0.15, 0.2) is 0 Å². The van der Waals surface area contributed by atoms with E-state index >= 15 is 0 Å². The van der Waals surface area contributed by atoms with Crippen LogP contribution in [0.5, 0.6) is 0 Å². The Kier molecular flexibility index (Phi) is 2.04. The zero-order chi connectivity index (χ0) is 7.61. The third kappa shape index (κ3) is 1.53. The molecule has 1 nitrogen and oxygen atoms in total.